The molecular formula is C15H26N2. The standard InChI is InChI=1S/C15H26N2/c1-6-12(2)17(5)11-15(3,4)13-7-9-14(16)10-8-13/h7-10,12H,6,11,16H2,1-5H3. The number of benzene rings is 1. The van der Waals surface area contributed by atoms with Crippen LogP contribution >= 0.6 is 0 Å². The largest absolute Gasteiger partial charge is 0.399 e. The normalized spacial score (nSPS) is 14.0. The van der Waals surface area contributed by atoms with Gasteiger partial charge in [0.05, 0.1) is 0 Å². The summed E-state index contributed by atoms with van der Waals surface area (Å²) in [6.07, 6.45) is 1.19. The van der Waals surface area contributed by atoms with Crippen molar-refractivity contribution in [2.45, 2.75) is 45.6 Å². The molecule has 1 aromatic rings. The van der Waals surface area contributed by atoms with Crippen LogP contribution in [0.25, 0.3) is 0 Å². The number of nitrogens with zero attached hydrogens (tertiary/aromatic N) is 1. The molecule has 0 amide bonds. The number of rotatable bonds is 5. The van der Waals surface area contributed by atoms with Crippen LogP contribution in [0.5, 0.6) is 0 Å². The van der Waals surface area contributed by atoms with E-state index in [-0.39, 0.29) is 5.41 Å². The lowest BCUT2D eigenvalue weighted by Gasteiger charge is -2.34. The molecule has 96 valence electrons. The number of likely N-dealkylation sites (N-methyl/N-ethyl adjacent to an activating group) is 1. The third-order valence-corrected chi connectivity index (χ3v) is 3.68. The summed E-state index contributed by atoms with van der Waals surface area (Å²) in [4.78, 5) is 2.43. The fourth-order valence-corrected chi connectivity index (χ4v) is 2.12. The summed E-state index contributed by atoms with van der Waals surface area (Å²) < 4.78 is 0. The minimum absolute atomic E-state index is 0.159. The molecule has 1 aromatic carbocycles. The first-order valence-electron chi connectivity index (χ1n) is 6.43. The fourth-order valence-electron chi connectivity index (χ4n) is 2.12. The molecule has 2 nitrogen and oxygen atoms in total. The van der Waals surface area contributed by atoms with Gasteiger partial charge in [-0.15, -0.1) is 0 Å². The van der Waals surface area contributed by atoms with E-state index < -0.39 is 0 Å². The van der Waals surface area contributed by atoms with Gasteiger partial charge in [-0.1, -0.05) is 32.9 Å². The lowest BCUT2D eigenvalue weighted by Crippen LogP contribution is -2.39. The zero-order valence-corrected chi connectivity index (χ0v) is 11.8. The highest BCUT2D eigenvalue weighted by Gasteiger charge is 2.23. The number of hydrogen-bond donors (Lipinski definition) is 1. The zero-order chi connectivity index (χ0) is 13.1. The van der Waals surface area contributed by atoms with Crippen LogP contribution in [-0.4, -0.2) is 24.5 Å². The zero-order valence-electron chi connectivity index (χ0n) is 11.8. The first-order chi connectivity index (χ1) is 7.86. The van der Waals surface area contributed by atoms with Crippen molar-refractivity contribution in [3.05, 3.63) is 29.8 Å². The van der Waals surface area contributed by atoms with E-state index in [9.17, 15) is 0 Å². The number of hydrogen-bond acceptors (Lipinski definition) is 2. The van der Waals surface area contributed by atoms with Crippen LogP contribution in [0.15, 0.2) is 24.3 Å². The molecule has 0 saturated carbocycles. The predicted molar refractivity (Wildman–Crippen MR) is 76.3 cm³/mol. The van der Waals surface area contributed by atoms with Gasteiger partial charge in [-0.3, -0.25) is 0 Å². The molecule has 0 saturated heterocycles. The third kappa shape index (κ3) is 3.74. The summed E-state index contributed by atoms with van der Waals surface area (Å²) in [6, 6.07) is 8.88. The lowest BCUT2D eigenvalue weighted by molar-refractivity contribution is 0.207. The molecule has 2 N–H and O–H groups in total. The number of anilines is 1. The molecule has 0 spiro atoms. The molecule has 0 fully saturated rings. The quantitative estimate of drug-likeness (QED) is 0.792. The van der Waals surface area contributed by atoms with E-state index in [2.05, 4.69) is 51.8 Å². The summed E-state index contributed by atoms with van der Waals surface area (Å²) >= 11 is 0. The van der Waals surface area contributed by atoms with Gasteiger partial charge < -0.3 is 10.6 Å². The second-order valence-corrected chi connectivity index (χ2v) is 5.68. The van der Waals surface area contributed by atoms with E-state index in [1.54, 1.807) is 0 Å². The summed E-state index contributed by atoms with van der Waals surface area (Å²) in [5.41, 5.74) is 8.07. The average molecular weight is 234 g/mol. The fraction of sp³-hybridized carbons (Fsp3) is 0.600. The van der Waals surface area contributed by atoms with Gasteiger partial charge >= 0.3 is 0 Å². The Balaban J connectivity index is 2.77. The van der Waals surface area contributed by atoms with Crippen molar-refractivity contribution in [1.82, 2.24) is 4.90 Å². The van der Waals surface area contributed by atoms with Crippen LogP contribution in [0.2, 0.25) is 0 Å². The Kier molecular flexibility index (Phi) is 4.58. The Morgan fingerprint density at radius 3 is 2.24 bits per heavy atom. The molecule has 17 heavy (non-hydrogen) atoms. The van der Waals surface area contributed by atoms with Gasteiger partial charge in [0.15, 0.2) is 0 Å². The number of nitrogens with two attached hydrogens (primary N) is 1. The summed E-state index contributed by atoms with van der Waals surface area (Å²) in [7, 11) is 2.20. The van der Waals surface area contributed by atoms with Gasteiger partial charge in [-0.25, -0.2) is 0 Å². The Hall–Kier alpha value is -1.02. The van der Waals surface area contributed by atoms with E-state index in [0.717, 1.165) is 12.2 Å². The molecule has 0 bridgehead atoms. The highest BCUT2D eigenvalue weighted by Crippen LogP contribution is 2.25. The first-order valence-corrected chi connectivity index (χ1v) is 6.43. The average Bonchev–Trinajstić information content (AvgIpc) is 2.27. The van der Waals surface area contributed by atoms with Gasteiger partial charge in [0, 0.05) is 23.7 Å². The second-order valence-electron chi connectivity index (χ2n) is 5.68. The molecule has 2 heteroatoms. The van der Waals surface area contributed by atoms with Gasteiger partial charge in [0.2, 0.25) is 0 Å². The molecule has 0 aliphatic carbocycles. The van der Waals surface area contributed by atoms with E-state index in [4.69, 9.17) is 5.73 Å². The molecular weight excluding hydrogens is 208 g/mol. The van der Waals surface area contributed by atoms with Crippen LogP contribution in [0.3, 0.4) is 0 Å². The maximum Gasteiger partial charge on any atom is 0.0314 e. The predicted octanol–water partition coefficient (Wildman–Crippen LogP) is 3.28. The molecule has 0 aliphatic rings. The SMILES string of the molecule is CCC(C)N(C)CC(C)(C)c1ccc(N)cc1. The van der Waals surface area contributed by atoms with Crippen LogP contribution in [0.1, 0.15) is 39.7 Å². The van der Waals surface area contributed by atoms with Gasteiger partial charge in [0.1, 0.15) is 0 Å². The topological polar surface area (TPSA) is 29.3 Å². The van der Waals surface area contributed by atoms with Crippen LogP contribution in [0.4, 0.5) is 5.69 Å². The second kappa shape index (κ2) is 5.54. The number of nitrogen functional groups attached to an aromatic ring is 1. The van der Waals surface area contributed by atoms with Crippen molar-refractivity contribution in [3.8, 4) is 0 Å². The summed E-state index contributed by atoms with van der Waals surface area (Å²) in [5, 5.41) is 0. The third-order valence-electron chi connectivity index (χ3n) is 3.68. The van der Waals surface area contributed by atoms with E-state index in [1.165, 1.54) is 12.0 Å². The Morgan fingerprint density at radius 1 is 1.24 bits per heavy atom. The van der Waals surface area contributed by atoms with Gasteiger partial charge in [-0.05, 0) is 38.1 Å². The van der Waals surface area contributed by atoms with E-state index >= 15 is 0 Å². The smallest absolute Gasteiger partial charge is 0.0314 e. The molecule has 0 heterocycles. The maximum atomic E-state index is 5.73. The Morgan fingerprint density at radius 2 is 1.76 bits per heavy atom. The molecule has 1 unspecified atom stereocenters. The van der Waals surface area contributed by atoms with E-state index in [0.29, 0.717) is 6.04 Å². The van der Waals surface area contributed by atoms with Gasteiger partial charge in [0.25, 0.3) is 0 Å². The minimum Gasteiger partial charge on any atom is -0.399 e. The van der Waals surface area contributed by atoms with Crippen molar-refractivity contribution in [2.75, 3.05) is 19.3 Å². The van der Waals surface area contributed by atoms with Crippen molar-refractivity contribution in [3.63, 3.8) is 0 Å². The van der Waals surface area contributed by atoms with Crippen molar-refractivity contribution >= 4 is 5.69 Å². The van der Waals surface area contributed by atoms with Crippen molar-refractivity contribution in [1.29, 1.82) is 0 Å². The summed E-state index contributed by atoms with van der Waals surface area (Å²) in [5.74, 6) is 0. The van der Waals surface area contributed by atoms with Crippen molar-refractivity contribution < 1.29 is 0 Å². The molecule has 1 atom stereocenters. The van der Waals surface area contributed by atoms with Gasteiger partial charge in [-0.2, -0.15) is 0 Å². The Bertz CT molecular complexity index is 340. The monoisotopic (exact) mass is 234 g/mol. The first kappa shape index (κ1) is 14.0. The Labute approximate surface area is 106 Å². The molecule has 0 radical (unpaired) electrons. The van der Waals surface area contributed by atoms with Crippen LogP contribution < -0.4 is 5.73 Å². The highest BCUT2D eigenvalue weighted by atomic mass is 15.1. The molecule has 0 aromatic heterocycles. The molecule has 0 aliphatic heterocycles. The summed E-state index contributed by atoms with van der Waals surface area (Å²) in [6.45, 7) is 10.1. The lowest BCUT2D eigenvalue weighted by atomic mass is 9.84. The van der Waals surface area contributed by atoms with E-state index in [1.807, 2.05) is 12.1 Å². The van der Waals surface area contributed by atoms with Crippen molar-refractivity contribution in [2.24, 2.45) is 0 Å². The van der Waals surface area contributed by atoms with Crippen LogP contribution in [0, 0.1) is 0 Å². The molecule has 1 rings (SSSR count). The maximum absolute atomic E-state index is 5.73. The minimum atomic E-state index is 0.159. The highest BCUT2D eigenvalue weighted by molar-refractivity contribution is 5.41. The van der Waals surface area contributed by atoms with Crippen LogP contribution in [-0.2, 0) is 5.41 Å².